The first-order valence-electron chi connectivity index (χ1n) is 7.75. The molecule has 0 saturated heterocycles. The van der Waals surface area contributed by atoms with Crippen LogP contribution in [0.25, 0.3) is 10.8 Å². The van der Waals surface area contributed by atoms with Crippen LogP contribution in [0.3, 0.4) is 0 Å². The second-order valence-electron chi connectivity index (χ2n) is 5.35. The van der Waals surface area contributed by atoms with E-state index in [1.165, 1.54) is 12.1 Å². The van der Waals surface area contributed by atoms with Gasteiger partial charge in [-0.3, -0.25) is 9.59 Å². The Bertz CT molecular complexity index is 955. The van der Waals surface area contributed by atoms with Crippen LogP contribution in [0.2, 0.25) is 0 Å². The maximum Gasteiger partial charge on any atom is 0.272 e. The van der Waals surface area contributed by atoms with Gasteiger partial charge in [-0.25, -0.2) is 9.49 Å². The number of aromatic amines is 1. The van der Waals surface area contributed by atoms with Gasteiger partial charge in [-0.05, 0) is 18.2 Å². The molecule has 0 bridgehead atoms. The van der Waals surface area contributed by atoms with Crippen molar-refractivity contribution in [2.45, 2.75) is 6.42 Å². The number of H-pyrrole nitrogens is 1. The molecule has 25 heavy (non-hydrogen) atoms. The molecule has 1 aromatic heterocycles. The minimum atomic E-state index is -0.447. The van der Waals surface area contributed by atoms with E-state index < -0.39 is 5.82 Å². The van der Waals surface area contributed by atoms with Crippen molar-refractivity contribution in [3.05, 3.63) is 70.4 Å². The Kier molecular flexibility index (Phi) is 5.03. The number of benzene rings is 2. The van der Waals surface area contributed by atoms with Crippen molar-refractivity contribution in [2.24, 2.45) is 0 Å². The summed E-state index contributed by atoms with van der Waals surface area (Å²) in [5.41, 5.74) is 0.195. The van der Waals surface area contributed by atoms with Crippen molar-refractivity contribution in [1.29, 1.82) is 0 Å². The number of amides is 1. The van der Waals surface area contributed by atoms with Crippen LogP contribution in [0.4, 0.5) is 4.39 Å². The number of rotatable bonds is 6. The van der Waals surface area contributed by atoms with Crippen molar-refractivity contribution in [1.82, 2.24) is 15.5 Å². The van der Waals surface area contributed by atoms with Gasteiger partial charge in [-0.2, -0.15) is 5.10 Å². The van der Waals surface area contributed by atoms with E-state index in [1.807, 2.05) is 0 Å². The highest BCUT2D eigenvalue weighted by molar-refractivity contribution is 5.88. The van der Waals surface area contributed by atoms with Gasteiger partial charge >= 0.3 is 0 Å². The summed E-state index contributed by atoms with van der Waals surface area (Å²) >= 11 is 0. The molecule has 1 amide bonds. The lowest BCUT2D eigenvalue weighted by molar-refractivity contribution is -0.120. The van der Waals surface area contributed by atoms with E-state index in [-0.39, 0.29) is 36.8 Å². The molecular weight excluding hydrogens is 325 g/mol. The summed E-state index contributed by atoms with van der Waals surface area (Å²) in [6, 6.07) is 13.0. The Morgan fingerprint density at radius 1 is 1.12 bits per heavy atom. The maximum atomic E-state index is 13.4. The second-order valence-corrected chi connectivity index (χ2v) is 5.35. The van der Waals surface area contributed by atoms with Crippen LogP contribution in [0, 0.1) is 5.82 Å². The standard InChI is InChI=1S/C18H16FN3O3/c19-14-7-3-4-8-16(14)25-10-9-20-17(23)11-15-12-5-1-2-6-13(12)18(24)22-21-15/h1-8H,9-11H2,(H,20,23)(H,22,24). The van der Waals surface area contributed by atoms with E-state index in [0.717, 1.165) is 0 Å². The van der Waals surface area contributed by atoms with Gasteiger partial charge in [-0.1, -0.05) is 30.3 Å². The third kappa shape index (κ3) is 4.00. The molecule has 1 heterocycles. The number of carbonyl (C=O) groups is 1. The van der Waals surface area contributed by atoms with E-state index in [9.17, 15) is 14.0 Å². The molecule has 2 aromatic carbocycles. The van der Waals surface area contributed by atoms with Crippen molar-refractivity contribution in [2.75, 3.05) is 13.2 Å². The van der Waals surface area contributed by atoms with E-state index in [2.05, 4.69) is 15.5 Å². The molecular formula is C18H16FN3O3. The van der Waals surface area contributed by atoms with E-state index >= 15 is 0 Å². The minimum Gasteiger partial charge on any atom is -0.489 e. The molecule has 0 atom stereocenters. The molecule has 6 nitrogen and oxygen atoms in total. The maximum absolute atomic E-state index is 13.4. The Balaban J connectivity index is 1.56. The van der Waals surface area contributed by atoms with E-state index in [0.29, 0.717) is 16.5 Å². The molecule has 2 N–H and O–H groups in total. The minimum absolute atomic E-state index is 0.0248. The number of fused-ring (bicyclic) bond motifs is 1. The highest BCUT2D eigenvalue weighted by atomic mass is 19.1. The normalized spacial score (nSPS) is 10.6. The van der Waals surface area contributed by atoms with Crippen LogP contribution in [0.15, 0.2) is 53.3 Å². The van der Waals surface area contributed by atoms with Crippen LogP contribution >= 0.6 is 0 Å². The Labute approximate surface area is 142 Å². The molecule has 0 aliphatic heterocycles. The Morgan fingerprint density at radius 2 is 1.84 bits per heavy atom. The lowest BCUT2D eigenvalue weighted by Gasteiger charge is -2.09. The van der Waals surface area contributed by atoms with E-state index in [1.54, 1.807) is 36.4 Å². The first-order chi connectivity index (χ1) is 12.1. The van der Waals surface area contributed by atoms with E-state index in [4.69, 9.17) is 4.74 Å². The third-order valence-electron chi connectivity index (χ3n) is 3.62. The summed E-state index contributed by atoms with van der Waals surface area (Å²) in [5, 5.41) is 10.2. The number of aromatic nitrogens is 2. The number of ether oxygens (including phenoxy) is 1. The average molecular weight is 341 g/mol. The lowest BCUT2D eigenvalue weighted by atomic mass is 10.1. The number of hydrogen-bond acceptors (Lipinski definition) is 4. The first-order valence-corrected chi connectivity index (χ1v) is 7.75. The fourth-order valence-electron chi connectivity index (χ4n) is 2.43. The zero-order valence-corrected chi connectivity index (χ0v) is 13.3. The predicted molar refractivity (Wildman–Crippen MR) is 91.0 cm³/mol. The highest BCUT2D eigenvalue weighted by Gasteiger charge is 2.10. The molecule has 0 radical (unpaired) electrons. The van der Waals surface area contributed by atoms with Crippen LogP contribution < -0.4 is 15.6 Å². The first kappa shape index (κ1) is 16.6. The van der Waals surface area contributed by atoms with Gasteiger partial charge in [0.2, 0.25) is 5.91 Å². The van der Waals surface area contributed by atoms with Gasteiger partial charge < -0.3 is 10.1 Å². The quantitative estimate of drug-likeness (QED) is 0.670. The molecule has 0 fully saturated rings. The van der Waals surface area contributed by atoms with Crippen molar-refractivity contribution in [3.8, 4) is 5.75 Å². The van der Waals surface area contributed by atoms with Crippen molar-refractivity contribution < 1.29 is 13.9 Å². The van der Waals surface area contributed by atoms with Crippen LogP contribution in [-0.4, -0.2) is 29.3 Å². The molecule has 0 saturated carbocycles. The van der Waals surface area contributed by atoms with Crippen molar-refractivity contribution in [3.63, 3.8) is 0 Å². The number of carbonyl (C=O) groups excluding carboxylic acids is 1. The topological polar surface area (TPSA) is 84.1 Å². The molecule has 0 aliphatic carbocycles. The third-order valence-corrected chi connectivity index (χ3v) is 3.62. The average Bonchev–Trinajstić information content (AvgIpc) is 2.63. The number of nitrogens with zero attached hydrogens (tertiary/aromatic N) is 1. The molecule has 0 unspecified atom stereocenters. The summed E-state index contributed by atoms with van der Waals surface area (Å²) < 4.78 is 18.7. The van der Waals surface area contributed by atoms with Gasteiger partial charge in [0.25, 0.3) is 5.56 Å². The zero-order valence-electron chi connectivity index (χ0n) is 13.3. The SMILES string of the molecule is O=C(Cc1n[nH]c(=O)c2ccccc12)NCCOc1ccccc1F. The summed E-state index contributed by atoms with van der Waals surface area (Å²) in [6.45, 7) is 0.376. The molecule has 128 valence electrons. The number of nitrogens with one attached hydrogen (secondary N) is 2. The summed E-state index contributed by atoms with van der Waals surface area (Å²) in [6.07, 6.45) is 0.0248. The van der Waals surface area contributed by atoms with Gasteiger partial charge in [-0.15, -0.1) is 0 Å². The number of para-hydroxylation sites is 1. The highest BCUT2D eigenvalue weighted by Crippen LogP contribution is 2.15. The molecule has 3 rings (SSSR count). The predicted octanol–water partition coefficient (Wildman–Crippen LogP) is 1.80. The monoisotopic (exact) mass is 341 g/mol. The Morgan fingerprint density at radius 3 is 2.64 bits per heavy atom. The fourth-order valence-corrected chi connectivity index (χ4v) is 2.43. The molecule has 3 aromatic rings. The van der Waals surface area contributed by atoms with Gasteiger partial charge in [0.05, 0.1) is 24.0 Å². The van der Waals surface area contributed by atoms with Crippen LogP contribution in [0.5, 0.6) is 5.75 Å². The van der Waals surface area contributed by atoms with Gasteiger partial charge in [0.1, 0.15) is 6.61 Å². The van der Waals surface area contributed by atoms with Crippen LogP contribution in [0.1, 0.15) is 5.69 Å². The number of hydrogen-bond donors (Lipinski definition) is 2. The van der Waals surface area contributed by atoms with Crippen LogP contribution in [-0.2, 0) is 11.2 Å². The lowest BCUT2D eigenvalue weighted by Crippen LogP contribution is -2.30. The zero-order chi connectivity index (χ0) is 17.6. The molecule has 7 heteroatoms. The second kappa shape index (κ2) is 7.57. The summed E-state index contributed by atoms with van der Waals surface area (Å²) in [7, 11) is 0. The molecule has 0 aliphatic rings. The summed E-state index contributed by atoms with van der Waals surface area (Å²) in [4.78, 5) is 23.8. The smallest absolute Gasteiger partial charge is 0.272 e. The fraction of sp³-hybridized carbons (Fsp3) is 0.167. The molecule has 0 spiro atoms. The number of halogens is 1. The van der Waals surface area contributed by atoms with Gasteiger partial charge in [0.15, 0.2) is 11.6 Å². The van der Waals surface area contributed by atoms with Gasteiger partial charge in [0, 0.05) is 5.39 Å². The summed E-state index contributed by atoms with van der Waals surface area (Å²) in [5.74, 6) is -0.565. The van der Waals surface area contributed by atoms with Crippen molar-refractivity contribution >= 4 is 16.7 Å². The largest absolute Gasteiger partial charge is 0.489 e. The Hall–Kier alpha value is -3.22.